The highest BCUT2D eigenvalue weighted by molar-refractivity contribution is 5.93. The van der Waals surface area contributed by atoms with Crippen molar-refractivity contribution in [3.63, 3.8) is 0 Å². The van der Waals surface area contributed by atoms with Crippen molar-refractivity contribution in [1.29, 1.82) is 0 Å². The zero-order chi connectivity index (χ0) is 22.2. The molecule has 0 bridgehead atoms. The fourth-order valence-corrected chi connectivity index (χ4v) is 3.57. The van der Waals surface area contributed by atoms with Crippen molar-refractivity contribution in [2.75, 3.05) is 5.32 Å². The molecular weight excluding hydrogens is 394 g/mol. The van der Waals surface area contributed by atoms with Gasteiger partial charge in [0.2, 0.25) is 5.91 Å². The highest BCUT2D eigenvalue weighted by Crippen LogP contribution is 2.18. The minimum atomic E-state index is -0.483. The zero-order valence-corrected chi connectivity index (χ0v) is 18.4. The number of nitrogens with one attached hydrogen (secondary N) is 2. The number of amides is 1. The lowest BCUT2D eigenvalue weighted by Gasteiger charge is -2.08. The summed E-state index contributed by atoms with van der Waals surface area (Å²) in [7, 11) is 0. The second-order valence-electron chi connectivity index (χ2n) is 7.93. The summed E-state index contributed by atoms with van der Waals surface area (Å²) < 4.78 is 1.17. The van der Waals surface area contributed by atoms with E-state index in [0.717, 1.165) is 32.1 Å². The van der Waals surface area contributed by atoms with Crippen molar-refractivity contribution in [2.24, 2.45) is 0 Å². The van der Waals surface area contributed by atoms with Crippen LogP contribution in [0.15, 0.2) is 27.8 Å². The molecular formula is C23H31N5O3. The standard InChI is InChI=1S/C23H31N5O3/c1-3-5-7-8-9-10-11-19(29)24-16-12-13-17-18(15-16)26-21-20(25-17)22(30)28(14-6-4-2)23(31)27-21/h12-13,15H,3-11,14H2,1-2H3,(H,24,29)(H,26,27,31). The van der Waals surface area contributed by atoms with Crippen LogP contribution in [0.4, 0.5) is 5.69 Å². The SMILES string of the molecule is CCCCCCCCC(=O)Nc1ccc2nc3c(=O)n(CCCC)c(=O)[nH]c3nc2c1. The number of H-pyrrole nitrogens is 1. The summed E-state index contributed by atoms with van der Waals surface area (Å²) in [6.07, 6.45) is 8.88. The van der Waals surface area contributed by atoms with Crippen LogP contribution in [0.2, 0.25) is 0 Å². The number of carbonyl (C=O) groups excluding carboxylic acids is 1. The number of carbonyl (C=O) groups is 1. The topological polar surface area (TPSA) is 110 Å². The van der Waals surface area contributed by atoms with Gasteiger partial charge in [0.25, 0.3) is 5.56 Å². The number of anilines is 1. The Hall–Kier alpha value is -3.03. The Morgan fingerprint density at radius 3 is 2.48 bits per heavy atom. The predicted octanol–water partition coefficient (Wildman–Crippen LogP) is 4.12. The van der Waals surface area contributed by atoms with Crippen LogP contribution in [0.5, 0.6) is 0 Å². The number of benzene rings is 1. The third-order valence-electron chi connectivity index (χ3n) is 5.36. The number of rotatable bonds is 11. The van der Waals surface area contributed by atoms with Gasteiger partial charge in [0.05, 0.1) is 11.0 Å². The minimum absolute atomic E-state index is 0.0317. The van der Waals surface area contributed by atoms with Gasteiger partial charge in [-0.2, -0.15) is 0 Å². The molecule has 0 saturated carbocycles. The van der Waals surface area contributed by atoms with Gasteiger partial charge in [0.1, 0.15) is 0 Å². The molecule has 31 heavy (non-hydrogen) atoms. The van der Waals surface area contributed by atoms with E-state index in [0.29, 0.717) is 29.7 Å². The molecule has 0 fully saturated rings. The van der Waals surface area contributed by atoms with Crippen molar-refractivity contribution in [3.8, 4) is 0 Å². The number of hydrogen-bond acceptors (Lipinski definition) is 5. The van der Waals surface area contributed by atoms with Gasteiger partial charge in [0.15, 0.2) is 11.2 Å². The molecule has 8 nitrogen and oxygen atoms in total. The van der Waals surface area contributed by atoms with E-state index in [9.17, 15) is 14.4 Å². The maximum Gasteiger partial charge on any atom is 0.330 e. The molecule has 1 amide bonds. The largest absolute Gasteiger partial charge is 0.330 e. The molecule has 8 heteroatoms. The minimum Gasteiger partial charge on any atom is -0.326 e. The van der Waals surface area contributed by atoms with E-state index in [-0.39, 0.29) is 17.1 Å². The van der Waals surface area contributed by atoms with E-state index in [2.05, 4.69) is 27.2 Å². The summed E-state index contributed by atoms with van der Waals surface area (Å²) in [5, 5.41) is 2.89. The second kappa shape index (κ2) is 10.8. The van der Waals surface area contributed by atoms with E-state index in [1.165, 1.54) is 23.8 Å². The van der Waals surface area contributed by atoms with Gasteiger partial charge in [-0.05, 0) is 31.0 Å². The summed E-state index contributed by atoms with van der Waals surface area (Å²) in [5.41, 5.74) is 1.05. The second-order valence-corrected chi connectivity index (χ2v) is 7.93. The van der Waals surface area contributed by atoms with Crippen molar-refractivity contribution < 1.29 is 4.79 Å². The smallest absolute Gasteiger partial charge is 0.326 e. The summed E-state index contributed by atoms with van der Waals surface area (Å²) in [6, 6.07) is 5.19. The molecule has 0 radical (unpaired) electrons. The molecule has 2 aromatic heterocycles. The van der Waals surface area contributed by atoms with Gasteiger partial charge in [-0.3, -0.25) is 19.1 Å². The molecule has 3 aromatic rings. The summed E-state index contributed by atoms with van der Waals surface area (Å²) >= 11 is 0. The van der Waals surface area contributed by atoms with E-state index in [1.54, 1.807) is 18.2 Å². The third-order valence-corrected chi connectivity index (χ3v) is 5.36. The van der Waals surface area contributed by atoms with Crippen LogP contribution in [-0.4, -0.2) is 25.4 Å². The number of unbranched alkanes of at least 4 members (excludes halogenated alkanes) is 6. The van der Waals surface area contributed by atoms with Crippen molar-refractivity contribution in [2.45, 2.75) is 78.2 Å². The molecule has 0 unspecified atom stereocenters. The number of aromatic amines is 1. The number of aromatic nitrogens is 4. The quantitative estimate of drug-likeness (QED) is 0.355. The normalized spacial score (nSPS) is 11.3. The Labute approximate surface area is 181 Å². The molecule has 2 heterocycles. The molecule has 166 valence electrons. The average molecular weight is 426 g/mol. The third kappa shape index (κ3) is 5.77. The van der Waals surface area contributed by atoms with E-state index in [4.69, 9.17) is 0 Å². The maximum atomic E-state index is 12.7. The van der Waals surface area contributed by atoms with Gasteiger partial charge < -0.3 is 5.32 Å². The fourth-order valence-electron chi connectivity index (χ4n) is 3.57. The van der Waals surface area contributed by atoms with Gasteiger partial charge in [0, 0.05) is 18.7 Å². The molecule has 0 aliphatic rings. The van der Waals surface area contributed by atoms with E-state index in [1.807, 2.05) is 6.92 Å². The molecule has 0 atom stereocenters. The van der Waals surface area contributed by atoms with E-state index < -0.39 is 11.2 Å². The summed E-state index contributed by atoms with van der Waals surface area (Å²) in [4.78, 5) is 48.7. The highest BCUT2D eigenvalue weighted by Gasteiger charge is 2.12. The summed E-state index contributed by atoms with van der Waals surface area (Å²) in [5.74, 6) is -0.0317. The first kappa shape index (κ1) is 22.7. The van der Waals surface area contributed by atoms with Gasteiger partial charge in [-0.1, -0.05) is 52.4 Å². The monoisotopic (exact) mass is 425 g/mol. The van der Waals surface area contributed by atoms with E-state index >= 15 is 0 Å². The van der Waals surface area contributed by atoms with Crippen LogP contribution in [0.1, 0.15) is 71.6 Å². The Kier molecular flexibility index (Phi) is 7.92. The molecule has 0 aliphatic carbocycles. The molecule has 3 rings (SSSR count). The van der Waals surface area contributed by atoms with Crippen molar-refractivity contribution in [3.05, 3.63) is 39.0 Å². The first-order valence-corrected chi connectivity index (χ1v) is 11.3. The molecule has 0 spiro atoms. The molecule has 2 N–H and O–H groups in total. The predicted molar refractivity (Wildman–Crippen MR) is 123 cm³/mol. The van der Waals surface area contributed by atoms with Crippen LogP contribution >= 0.6 is 0 Å². The molecule has 0 aliphatic heterocycles. The molecule has 0 saturated heterocycles. The lowest BCUT2D eigenvalue weighted by atomic mass is 10.1. The van der Waals surface area contributed by atoms with Crippen LogP contribution in [0, 0.1) is 0 Å². The van der Waals surface area contributed by atoms with Crippen molar-refractivity contribution in [1.82, 2.24) is 19.5 Å². The Morgan fingerprint density at radius 1 is 0.968 bits per heavy atom. The zero-order valence-electron chi connectivity index (χ0n) is 18.4. The maximum absolute atomic E-state index is 12.7. The number of nitrogens with zero attached hydrogens (tertiary/aromatic N) is 3. The lowest BCUT2D eigenvalue weighted by molar-refractivity contribution is -0.116. The van der Waals surface area contributed by atoms with Gasteiger partial charge in [-0.15, -0.1) is 0 Å². The number of hydrogen-bond donors (Lipinski definition) is 2. The average Bonchev–Trinajstić information content (AvgIpc) is 2.75. The summed E-state index contributed by atoms with van der Waals surface area (Å²) in [6.45, 7) is 4.53. The van der Waals surface area contributed by atoms with Crippen LogP contribution in [0.25, 0.3) is 22.2 Å². The van der Waals surface area contributed by atoms with Crippen LogP contribution in [0.3, 0.4) is 0 Å². The fraction of sp³-hybridized carbons (Fsp3) is 0.522. The number of fused-ring (bicyclic) bond motifs is 2. The van der Waals surface area contributed by atoms with Gasteiger partial charge in [-0.25, -0.2) is 14.8 Å². The van der Waals surface area contributed by atoms with Crippen LogP contribution in [-0.2, 0) is 11.3 Å². The lowest BCUT2D eigenvalue weighted by Crippen LogP contribution is -2.35. The van der Waals surface area contributed by atoms with Crippen LogP contribution < -0.4 is 16.6 Å². The highest BCUT2D eigenvalue weighted by atomic mass is 16.2. The first-order valence-electron chi connectivity index (χ1n) is 11.3. The first-order chi connectivity index (χ1) is 15.0. The Morgan fingerprint density at radius 2 is 1.71 bits per heavy atom. The van der Waals surface area contributed by atoms with Gasteiger partial charge >= 0.3 is 5.69 Å². The molecule has 1 aromatic carbocycles. The Balaban J connectivity index is 1.75. The Bertz CT molecular complexity index is 1170. The van der Waals surface area contributed by atoms with Crippen molar-refractivity contribution >= 4 is 33.8 Å².